The molecule has 4 aromatic carbocycles. The Kier molecular flexibility index (Phi) is 19.8. The molecule has 0 saturated heterocycles. The van der Waals surface area contributed by atoms with E-state index in [4.69, 9.17) is 49.9 Å². The van der Waals surface area contributed by atoms with Crippen molar-refractivity contribution in [2.24, 2.45) is 0 Å². The van der Waals surface area contributed by atoms with Crippen LogP contribution in [0.5, 0.6) is 0 Å². The molecular formula is C65H44BF6N6O5S2. The average Bonchev–Trinajstić information content (AvgIpc) is 1.55. The average molecular weight is 1180 g/mol. The number of hydrogen-bond donors (Lipinski definition) is 0. The minimum Gasteiger partial charge on any atom is -0.491 e. The zero-order valence-electron chi connectivity index (χ0n) is 44.1. The molecule has 8 aromatic rings. The predicted octanol–water partition coefficient (Wildman–Crippen LogP) is 18.9. The fraction of sp³-hybridized carbons (Fsp3) is 0.123. The van der Waals surface area contributed by atoms with Crippen LogP contribution in [-0.4, -0.2) is 27.1 Å². The zero-order valence-corrected chi connectivity index (χ0v) is 45.8. The van der Waals surface area contributed by atoms with Crippen LogP contribution in [0.2, 0.25) is 0 Å². The molecule has 20 heteroatoms. The van der Waals surface area contributed by atoms with Crippen molar-refractivity contribution in [3.05, 3.63) is 284 Å². The molecule has 85 heavy (non-hydrogen) atoms. The normalized spacial score (nSPS) is 17.6. The molecule has 0 bridgehead atoms. The molecule has 421 valence electrons. The van der Waals surface area contributed by atoms with Gasteiger partial charge in [0.2, 0.25) is 22.6 Å². The Hall–Kier alpha value is -10.6. The number of alkyl halides is 6. The van der Waals surface area contributed by atoms with Crippen LogP contribution < -0.4 is 0 Å². The highest BCUT2D eigenvalue weighted by Gasteiger charge is 2.65. The standard InChI is InChI=1S/C32H18F3N3O2S.C16H8F3N3O.C16H12O2S.CH4.B.H2/c1-20-9-10-21-18-23(39-28(21)17-20)11-12-24-13-14-25(41-24)15-16-26-29(38-3)30(27(19-36)37-2)40-31(26,32(33,34)35)22-7-5-4-6-8-22;1-10-13(22-3)14(12(9-20)21-2)23-15(10,16(17,18)19)11-7-5-4-6-8-11;1-11-2-3-12-9-13(18-16(12)8-11)4-5-14-6-7-15(10-17)19-14;;;/h4-18H,1H3;4-8H,1H3;2-10H,1H3;1H4;;1H/b12-11+,16-15+,30-27+;14-12+;5-4+;;;/i;;;;;1+1. The molecular weight excluding hydrogens is 1130 g/mol. The number of allylic oxidation sites excluding steroid dienone is 2. The van der Waals surface area contributed by atoms with Gasteiger partial charge in [-0.3, -0.25) is 4.79 Å². The van der Waals surface area contributed by atoms with E-state index in [1.54, 1.807) is 24.3 Å². The van der Waals surface area contributed by atoms with E-state index in [1.807, 2.05) is 92.7 Å². The van der Waals surface area contributed by atoms with Crippen molar-refractivity contribution >= 4 is 89.7 Å². The molecule has 4 aromatic heterocycles. The van der Waals surface area contributed by atoms with Gasteiger partial charge in [-0.2, -0.15) is 26.3 Å². The van der Waals surface area contributed by atoms with Crippen LogP contribution in [-0.2, 0) is 20.7 Å². The van der Waals surface area contributed by atoms with Gasteiger partial charge in [0.1, 0.15) is 34.2 Å². The number of rotatable bonds is 9. The Morgan fingerprint density at radius 3 is 1.35 bits per heavy atom. The lowest BCUT2D eigenvalue weighted by molar-refractivity contribution is -0.250. The molecule has 6 heterocycles. The van der Waals surface area contributed by atoms with Crippen molar-refractivity contribution in [2.75, 3.05) is 0 Å². The minimum atomic E-state index is -5.03. The maximum absolute atomic E-state index is 14.9. The monoisotopic (exact) mass is 1180 g/mol. The number of nitrogens with zero attached hydrogens (tertiary/aromatic N) is 6. The van der Waals surface area contributed by atoms with Gasteiger partial charge in [-0.05, 0) is 116 Å². The first-order valence-electron chi connectivity index (χ1n) is 24.3. The Balaban J connectivity index is 0.000000254. The van der Waals surface area contributed by atoms with Crippen molar-refractivity contribution in [1.29, 1.82) is 10.5 Å². The van der Waals surface area contributed by atoms with Crippen LogP contribution in [0, 0.1) is 62.8 Å². The van der Waals surface area contributed by atoms with E-state index in [-0.39, 0.29) is 28.4 Å². The van der Waals surface area contributed by atoms with Gasteiger partial charge in [-0.15, -0.1) is 22.7 Å². The SMILES string of the molecule is C.Cc1ccc2cc(/C=C/c3ccc(C=O)s3)oc2c1.[2HH].[B].[C-]#[N+]C1=C(/C=C/c2ccc(/C=C/c3cc4ccc(C)cc4o3)s2)C(c2ccccc2)(C(F)(F)F)O/C1=C(\C#N)[N+]#[C-].[C-]#[N+]C1=C(C)C(c2ccccc2)(C(F)(F)F)O/C1=C(\C#N)[N+]#[C-]. The first-order valence-corrected chi connectivity index (χ1v) is 26.0. The van der Waals surface area contributed by atoms with E-state index >= 15 is 0 Å². The Labute approximate surface area is 496 Å². The third-order valence-corrected chi connectivity index (χ3v) is 14.7. The molecule has 0 fully saturated rings. The summed E-state index contributed by atoms with van der Waals surface area (Å²) in [6.45, 7) is 34.1. The van der Waals surface area contributed by atoms with Gasteiger partial charge in [0.15, 0.2) is 6.29 Å². The Bertz CT molecular complexity index is 4320. The van der Waals surface area contributed by atoms with Crippen LogP contribution in [0.3, 0.4) is 0 Å². The molecule has 2 aliphatic heterocycles. The first-order chi connectivity index (χ1) is 39.8. The number of halogens is 6. The smallest absolute Gasteiger partial charge is 0.435 e. The van der Waals surface area contributed by atoms with Crippen LogP contribution in [0.25, 0.3) is 71.7 Å². The molecule has 3 radical (unpaired) electrons. The lowest BCUT2D eigenvalue weighted by Gasteiger charge is -2.34. The van der Waals surface area contributed by atoms with Gasteiger partial charge in [0.25, 0.3) is 11.4 Å². The van der Waals surface area contributed by atoms with Gasteiger partial charge < -0.3 is 18.3 Å². The number of hydrogen-bond acceptors (Lipinski definition) is 9. The number of thiophene rings is 2. The van der Waals surface area contributed by atoms with E-state index in [0.29, 0.717) is 10.6 Å². The lowest BCUT2D eigenvalue weighted by Crippen LogP contribution is -2.43. The topological polar surface area (TPSA) is 127 Å². The fourth-order valence-electron chi connectivity index (χ4n) is 8.87. The lowest BCUT2D eigenvalue weighted by atomic mass is 9.85. The number of furan rings is 2. The van der Waals surface area contributed by atoms with Gasteiger partial charge in [-0.25, -0.2) is 29.9 Å². The number of fused-ring (bicyclic) bond motifs is 2. The second-order valence-electron chi connectivity index (χ2n) is 18.0. The molecule has 0 amide bonds. The number of benzene rings is 4. The highest BCUT2D eigenvalue weighted by molar-refractivity contribution is 7.14. The van der Waals surface area contributed by atoms with Gasteiger partial charge >= 0.3 is 12.4 Å². The second kappa shape index (κ2) is 26.5. The second-order valence-corrected chi connectivity index (χ2v) is 20.3. The first kappa shape index (κ1) is 63.6. The predicted molar refractivity (Wildman–Crippen MR) is 319 cm³/mol. The van der Waals surface area contributed by atoms with E-state index in [0.717, 1.165) is 61.1 Å². The molecule has 0 saturated carbocycles. The Morgan fingerprint density at radius 1 is 0.553 bits per heavy atom. The van der Waals surface area contributed by atoms with Crippen LogP contribution in [0.4, 0.5) is 26.3 Å². The van der Waals surface area contributed by atoms with Crippen molar-refractivity contribution in [1.82, 2.24) is 0 Å². The minimum absolute atomic E-state index is 0. The molecule has 0 N–H and O–H groups in total. The number of aldehydes is 1. The molecule has 11 nitrogen and oxygen atoms in total. The third kappa shape index (κ3) is 12.9. The highest BCUT2D eigenvalue weighted by atomic mass is 32.1. The Morgan fingerprint density at radius 2 is 0.953 bits per heavy atom. The summed E-state index contributed by atoms with van der Waals surface area (Å²) in [6.07, 6.45) is 1.15. The summed E-state index contributed by atoms with van der Waals surface area (Å²) in [4.78, 5) is 26.0. The van der Waals surface area contributed by atoms with Crippen LogP contribution in [0.1, 0.15) is 73.9 Å². The van der Waals surface area contributed by atoms with E-state index in [2.05, 4.69) is 31.5 Å². The van der Waals surface area contributed by atoms with Gasteiger partial charge in [0, 0.05) is 51.9 Å². The summed E-state index contributed by atoms with van der Waals surface area (Å²) < 4.78 is 108. The van der Waals surface area contributed by atoms with Crippen molar-refractivity contribution in [3.63, 3.8) is 0 Å². The molecule has 2 unspecified atom stereocenters. The summed E-state index contributed by atoms with van der Waals surface area (Å²) in [5, 5.41) is 20.4. The summed E-state index contributed by atoms with van der Waals surface area (Å²) in [6, 6.07) is 40.1. The largest absolute Gasteiger partial charge is 0.491 e. The van der Waals surface area contributed by atoms with E-state index in [1.165, 1.54) is 95.0 Å². The summed E-state index contributed by atoms with van der Waals surface area (Å²) in [5.41, 5.74) is -5.80. The quantitative estimate of drug-likeness (QED) is 0.0463. The van der Waals surface area contributed by atoms with Crippen LogP contribution in [0.15, 0.2) is 194 Å². The molecule has 0 aliphatic carbocycles. The molecule has 2 atom stereocenters. The molecule has 2 aliphatic rings. The number of nitriles is 2. The molecule has 0 spiro atoms. The van der Waals surface area contributed by atoms with Crippen molar-refractivity contribution in [2.45, 2.75) is 51.8 Å². The maximum Gasteiger partial charge on any atom is 0.435 e. The maximum atomic E-state index is 14.9. The van der Waals surface area contributed by atoms with Gasteiger partial charge in [0.05, 0.1) is 43.3 Å². The fourth-order valence-corrected chi connectivity index (χ4v) is 10.4. The third-order valence-electron chi connectivity index (χ3n) is 12.7. The number of ether oxygens (including phenoxy) is 2. The van der Waals surface area contributed by atoms with Crippen molar-refractivity contribution < 1.29 is 50.9 Å². The summed E-state index contributed by atoms with van der Waals surface area (Å²) in [5.74, 6) is 0.170. The zero-order chi connectivity index (χ0) is 59.7. The number of carbonyl (C=O) groups excluding carboxylic acids is 1. The van der Waals surface area contributed by atoms with E-state index in [9.17, 15) is 36.4 Å². The highest BCUT2D eigenvalue weighted by Crippen LogP contribution is 2.57. The number of carbonyl (C=O) groups is 1. The molecule has 10 rings (SSSR count). The number of aryl methyl sites for hydroxylation is 2. The van der Waals surface area contributed by atoms with Crippen LogP contribution >= 0.6 is 22.7 Å². The summed E-state index contributed by atoms with van der Waals surface area (Å²) in [7, 11) is 0. The van der Waals surface area contributed by atoms with Gasteiger partial charge in [-0.1, -0.05) is 98.4 Å². The van der Waals surface area contributed by atoms with E-state index < -0.39 is 69.0 Å². The van der Waals surface area contributed by atoms with Crippen molar-refractivity contribution in [3.8, 4) is 12.1 Å². The summed E-state index contributed by atoms with van der Waals surface area (Å²) >= 11 is 2.79.